The number of hydrogen-bond donors (Lipinski definition) is 2. The van der Waals surface area contributed by atoms with Crippen molar-refractivity contribution in [2.75, 3.05) is 6.61 Å². The molecular formula is C9H12O5. The van der Waals surface area contributed by atoms with Gasteiger partial charge in [-0.25, -0.2) is 4.79 Å². The Hall–Kier alpha value is -1.62. The molecule has 5 heteroatoms. The zero-order chi connectivity index (χ0) is 11.2. The highest BCUT2D eigenvalue weighted by atomic mass is 16.5. The minimum absolute atomic E-state index is 0.0887. The molecule has 2 N–H and O–H groups in total. The lowest BCUT2D eigenvalue weighted by molar-refractivity contribution is -0.164. The molecule has 0 aliphatic heterocycles. The summed E-state index contributed by atoms with van der Waals surface area (Å²) in [5.74, 6) is -2.36. The van der Waals surface area contributed by atoms with E-state index >= 15 is 0 Å². The van der Waals surface area contributed by atoms with Crippen molar-refractivity contribution in [3.63, 3.8) is 0 Å². The molecule has 5 nitrogen and oxygen atoms in total. The minimum Gasteiger partial charge on any atom is -0.481 e. The van der Waals surface area contributed by atoms with E-state index in [2.05, 4.69) is 17.9 Å². The van der Waals surface area contributed by atoms with Gasteiger partial charge in [0.1, 0.15) is 6.61 Å². The molecule has 14 heavy (non-hydrogen) atoms. The summed E-state index contributed by atoms with van der Waals surface area (Å²) in [5, 5.41) is 17.9. The number of rotatable bonds is 6. The van der Waals surface area contributed by atoms with E-state index in [0.717, 1.165) is 6.08 Å². The molecule has 0 aromatic rings. The molecule has 0 heterocycles. The first kappa shape index (κ1) is 12.4. The van der Waals surface area contributed by atoms with E-state index in [1.807, 2.05) is 0 Å². The van der Waals surface area contributed by atoms with Crippen LogP contribution in [0.4, 0.5) is 0 Å². The summed E-state index contributed by atoms with van der Waals surface area (Å²) in [5.41, 5.74) is -2.17. The maximum atomic E-state index is 11.1. The average molecular weight is 200 g/mol. The Morgan fingerprint density at radius 2 is 2.00 bits per heavy atom. The van der Waals surface area contributed by atoms with Gasteiger partial charge in [-0.1, -0.05) is 19.2 Å². The third kappa shape index (κ3) is 3.40. The van der Waals surface area contributed by atoms with Gasteiger partial charge in [0.2, 0.25) is 0 Å². The van der Waals surface area contributed by atoms with Gasteiger partial charge in [-0.05, 0) is 6.08 Å². The number of carbonyl (C=O) groups is 2. The molecule has 0 bridgehead atoms. The summed E-state index contributed by atoms with van der Waals surface area (Å²) < 4.78 is 4.51. The second-order valence-corrected chi connectivity index (χ2v) is 2.59. The van der Waals surface area contributed by atoms with Crippen LogP contribution in [-0.2, 0) is 14.3 Å². The Morgan fingerprint density at radius 1 is 1.43 bits per heavy atom. The zero-order valence-corrected chi connectivity index (χ0v) is 7.60. The predicted octanol–water partition coefficient (Wildman–Crippen LogP) is 0.107. The molecule has 0 rings (SSSR count). The summed E-state index contributed by atoms with van der Waals surface area (Å²) in [4.78, 5) is 21.5. The van der Waals surface area contributed by atoms with Gasteiger partial charge in [0, 0.05) is 0 Å². The van der Waals surface area contributed by atoms with Crippen molar-refractivity contribution in [1.82, 2.24) is 0 Å². The average Bonchev–Trinajstić information content (AvgIpc) is 2.12. The van der Waals surface area contributed by atoms with Crippen LogP contribution in [0.3, 0.4) is 0 Å². The fourth-order valence-corrected chi connectivity index (χ4v) is 0.718. The molecule has 0 fully saturated rings. The Bertz CT molecular complexity index is 258. The van der Waals surface area contributed by atoms with E-state index in [0.29, 0.717) is 0 Å². The molecule has 1 atom stereocenters. The molecular weight excluding hydrogens is 188 g/mol. The fraction of sp³-hybridized carbons (Fsp3) is 0.333. The van der Waals surface area contributed by atoms with Crippen molar-refractivity contribution in [3.8, 4) is 0 Å². The van der Waals surface area contributed by atoms with Crippen LogP contribution in [0.1, 0.15) is 6.42 Å². The predicted molar refractivity (Wildman–Crippen MR) is 48.6 cm³/mol. The van der Waals surface area contributed by atoms with Gasteiger partial charge in [-0.2, -0.15) is 0 Å². The second-order valence-electron chi connectivity index (χ2n) is 2.59. The number of ether oxygens (including phenoxy) is 1. The maximum absolute atomic E-state index is 11.1. The first-order valence-corrected chi connectivity index (χ1v) is 3.82. The van der Waals surface area contributed by atoms with Gasteiger partial charge < -0.3 is 14.9 Å². The van der Waals surface area contributed by atoms with Crippen LogP contribution in [0.2, 0.25) is 0 Å². The molecule has 0 aliphatic rings. The lowest BCUT2D eigenvalue weighted by Crippen LogP contribution is -2.40. The molecule has 0 aliphatic carbocycles. The fourth-order valence-electron chi connectivity index (χ4n) is 0.718. The summed E-state index contributed by atoms with van der Waals surface area (Å²) in [7, 11) is 0. The quantitative estimate of drug-likeness (QED) is 0.469. The summed E-state index contributed by atoms with van der Waals surface area (Å²) >= 11 is 0. The van der Waals surface area contributed by atoms with Crippen LogP contribution in [-0.4, -0.2) is 34.4 Å². The molecule has 0 amide bonds. The van der Waals surface area contributed by atoms with Crippen LogP contribution in [0, 0.1) is 0 Å². The van der Waals surface area contributed by atoms with Gasteiger partial charge in [-0.3, -0.25) is 4.79 Å². The molecule has 1 unspecified atom stereocenters. The SMILES string of the molecule is C=CCOC(=O)C(O)(C=C)CC(=O)O. The third-order valence-electron chi connectivity index (χ3n) is 1.44. The van der Waals surface area contributed by atoms with Crippen molar-refractivity contribution in [2.45, 2.75) is 12.0 Å². The first-order chi connectivity index (χ1) is 6.46. The van der Waals surface area contributed by atoms with Crippen LogP contribution in [0.15, 0.2) is 25.3 Å². The van der Waals surface area contributed by atoms with Crippen LogP contribution < -0.4 is 0 Å². The Labute approximate surface area is 81.3 Å². The minimum atomic E-state index is -2.17. The normalized spacial score (nSPS) is 13.8. The highest BCUT2D eigenvalue weighted by Gasteiger charge is 2.36. The lowest BCUT2D eigenvalue weighted by atomic mass is 10.0. The second kappa shape index (κ2) is 5.18. The van der Waals surface area contributed by atoms with Crippen molar-refractivity contribution in [1.29, 1.82) is 0 Å². The van der Waals surface area contributed by atoms with Crippen molar-refractivity contribution in [3.05, 3.63) is 25.3 Å². The van der Waals surface area contributed by atoms with Gasteiger partial charge in [0.05, 0.1) is 6.42 Å². The van der Waals surface area contributed by atoms with E-state index in [9.17, 15) is 14.7 Å². The van der Waals surface area contributed by atoms with Gasteiger partial charge >= 0.3 is 11.9 Å². The topological polar surface area (TPSA) is 83.8 Å². The smallest absolute Gasteiger partial charge is 0.343 e. The monoisotopic (exact) mass is 200 g/mol. The number of aliphatic hydroxyl groups is 1. The summed E-state index contributed by atoms with van der Waals surface area (Å²) in [6.45, 7) is 6.39. The van der Waals surface area contributed by atoms with Crippen molar-refractivity contribution >= 4 is 11.9 Å². The number of carboxylic acid groups (broad SMARTS) is 1. The third-order valence-corrected chi connectivity index (χ3v) is 1.44. The van der Waals surface area contributed by atoms with Gasteiger partial charge in [0.15, 0.2) is 5.60 Å². The Balaban J connectivity index is 4.49. The largest absolute Gasteiger partial charge is 0.481 e. The van der Waals surface area contributed by atoms with Gasteiger partial charge in [0.25, 0.3) is 0 Å². The maximum Gasteiger partial charge on any atom is 0.343 e. The number of carboxylic acids is 1. The van der Waals surface area contributed by atoms with E-state index in [1.54, 1.807) is 0 Å². The molecule has 0 spiro atoms. The molecule has 0 saturated carbocycles. The molecule has 0 aromatic carbocycles. The van der Waals surface area contributed by atoms with E-state index < -0.39 is 24.0 Å². The van der Waals surface area contributed by atoms with E-state index in [4.69, 9.17) is 5.11 Å². The molecule has 78 valence electrons. The van der Waals surface area contributed by atoms with E-state index in [-0.39, 0.29) is 6.61 Å². The van der Waals surface area contributed by atoms with E-state index in [1.165, 1.54) is 6.08 Å². The molecule has 0 radical (unpaired) electrons. The molecule has 0 saturated heterocycles. The first-order valence-electron chi connectivity index (χ1n) is 3.82. The summed E-state index contributed by atoms with van der Waals surface area (Å²) in [6.07, 6.45) is 1.38. The van der Waals surface area contributed by atoms with Crippen molar-refractivity contribution < 1.29 is 24.5 Å². The summed E-state index contributed by atoms with van der Waals surface area (Å²) in [6, 6.07) is 0. The zero-order valence-electron chi connectivity index (χ0n) is 7.60. The van der Waals surface area contributed by atoms with Crippen LogP contribution in [0.25, 0.3) is 0 Å². The number of carbonyl (C=O) groups excluding carboxylic acids is 1. The lowest BCUT2D eigenvalue weighted by Gasteiger charge is -2.19. The standard InChI is InChI=1S/C9H12O5/c1-3-5-14-8(12)9(13,4-2)6-7(10)11/h3-4,13H,1-2,5-6H2,(H,10,11). The van der Waals surface area contributed by atoms with Crippen molar-refractivity contribution in [2.24, 2.45) is 0 Å². The number of aliphatic carboxylic acids is 1. The van der Waals surface area contributed by atoms with Gasteiger partial charge in [-0.15, -0.1) is 0 Å². The highest BCUT2D eigenvalue weighted by Crippen LogP contribution is 2.13. The Kier molecular flexibility index (Phi) is 4.58. The van der Waals surface area contributed by atoms with Crippen LogP contribution in [0.5, 0.6) is 0 Å². The number of esters is 1. The van der Waals surface area contributed by atoms with Crippen LogP contribution >= 0.6 is 0 Å². The molecule has 0 aromatic heterocycles. The number of hydrogen-bond acceptors (Lipinski definition) is 4. The highest BCUT2D eigenvalue weighted by molar-refractivity contribution is 5.87. The Morgan fingerprint density at radius 3 is 2.36 bits per heavy atom.